The van der Waals surface area contributed by atoms with Gasteiger partial charge in [0, 0.05) is 18.2 Å². The van der Waals surface area contributed by atoms with Crippen LogP contribution in [0, 0.1) is 17.5 Å². The van der Waals surface area contributed by atoms with Crippen LogP contribution in [0.5, 0.6) is 0 Å². The van der Waals surface area contributed by atoms with Gasteiger partial charge in [-0.2, -0.15) is 0 Å². The van der Waals surface area contributed by atoms with Gasteiger partial charge in [0.25, 0.3) is 5.91 Å². The first kappa shape index (κ1) is 14.4. The number of carbonyl (C=O) groups is 2. The lowest BCUT2D eigenvalue weighted by Crippen LogP contribution is -2.37. The van der Waals surface area contributed by atoms with Crippen molar-refractivity contribution in [3.8, 4) is 0 Å². The lowest BCUT2D eigenvalue weighted by Gasteiger charge is -2.23. The normalized spacial score (nSPS) is 18.4. The topological polar surface area (TPSA) is 57.6 Å². The number of amides is 1. The van der Waals surface area contributed by atoms with Gasteiger partial charge in [0.15, 0.2) is 17.5 Å². The predicted molar refractivity (Wildman–Crippen MR) is 62.6 cm³/mol. The van der Waals surface area contributed by atoms with Crippen LogP contribution in [-0.2, 0) is 4.79 Å². The lowest BCUT2D eigenvalue weighted by molar-refractivity contribution is -0.137. The Morgan fingerprint density at radius 2 is 1.85 bits per heavy atom. The van der Waals surface area contributed by atoms with E-state index in [2.05, 4.69) is 0 Å². The van der Waals surface area contributed by atoms with E-state index in [-0.39, 0.29) is 12.0 Å². The Morgan fingerprint density at radius 3 is 2.40 bits per heavy atom. The number of carboxylic acids is 1. The second kappa shape index (κ2) is 5.52. The minimum absolute atomic E-state index is 0.224. The Kier molecular flexibility index (Phi) is 3.96. The molecule has 0 spiro atoms. The maximum Gasteiger partial charge on any atom is 0.305 e. The molecule has 1 atom stereocenters. The van der Waals surface area contributed by atoms with E-state index in [9.17, 15) is 22.8 Å². The van der Waals surface area contributed by atoms with Crippen LogP contribution in [0.3, 0.4) is 0 Å². The van der Waals surface area contributed by atoms with Crippen molar-refractivity contribution in [2.75, 3.05) is 6.54 Å². The van der Waals surface area contributed by atoms with E-state index in [4.69, 9.17) is 5.11 Å². The number of carboxylic acid groups (broad SMARTS) is 1. The zero-order valence-corrected chi connectivity index (χ0v) is 10.4. The first-order chi connectivity index (χ1) is 9.40. The third-order valence-corrected chi connectivity index (χ3v) is 3.28. The number of carbonyl (C=O) groups excluding carboxylic acids is 1. The second-order valence-corrected chi connectivity index (χ2v) is 4.65. The standard InChI is InChI=1S/C13H12F3NO3/c14-9-4-7(5-10(15)12(9)16)13(20)17-3-1-2-8(17)6-11(18)19/h4-5,8H,1-3,6H2,(H,18,19). The average molecular weight is 287 g/mol. The van der Waals surface area contributed by atoms with E-state index < -0.39 is 35.4 Å². The highest BCUT2D eigenvalue weighted by Crippen LogP contribution is 2.24. The fourth-order valence-corrected chi connectivity index (χ4v) is 2.36. The number of hydrogen-bond donors (Lipinski definition) is 1. The fraction of sp³-hybridized carbons (Fsp3) is 0.385. The van der Waals surface area contributed by atoms with E-state index in [1.54, 1.807) is 0 Å². The quantitative estimate of drug-likeness (QED) is 0.867. The van der Waals surface area contributed by atoms with Gasteiger partial charge in [-0.1, -0.05) is 0 Å². The van der Waals surface area contributed by atoms with Gasteiger partial charge in [0.2, 0.25) is 0 Å². The van der Waals surface area contributed by atoms with Gasteiger partial charge in [-0.05, 0) is 25.0 Å². The molecule has 0 saturated carbocycles. The zero-order valence-electron chi connectivity index (χ0n) is 10.4. The number of aliphatic carboxylic acids is 1. The molecule has 2 rings (SSSR count). The molecule has 0 aliphatic carbocycles. The Bertz CT molecular complexity index is 539. The van der Waals surface area contributed by atoms with Crippen molar-refractivity contribution in [2.24, 2.45) is 0 Å². The summed E-state index contributed by atoms with van der Waals surface area (Å²) >= 11 is 0. The van der Waals surface area contributed by atoms with Crippen LogP contribution in [-0.4, -0.2) is 34.5 Å². The molecule has 1 saturated heterocycles. The first-order valence-electron chi connectivity index (χ1n) is 6.07. The predicted octanol–water partition coefficient (Wildman–Crippen LogP) is 2.18. The van der Waals surface area contributed by atoms with Crippen molar-refractivity contribution in [3.05, 3.63) is 35.1 Å². The third kappa shape index (κ3) is 2.76. The van der Waals surface area contributed by atoms with Crippen molar-refractivity contribution in [3.63, 3.8) is 0 Å². The molecule has 20 heavy (non-hydrogen) atoms. The molecule has 1 aliphatic rings. The molecular formula is C13H12F3NO3. The number of hydrogen-bond acceptors (Lipinski definition) is 2. The van der Waals surface area contributed by atoms with E-state index in [1.807, 2.05) is 0 Å². The Morgan fingerprint density at radius 1 is 1.25 bits per heavy atom. The Labute approximate surface area is 112 Å². The summed E-state index contributed by atoms with van der Waals surface area (Å²) in [6.07, 6.45) is 0.915. The van der Waals surface area contributed by atoms with Crippen molar-refractivity contribution in [2.45, 2.75) is 25.3 Å². The van der Waals surface area contributed by atoms with Gasteiger partial charge < -0.3 is 10.0 Å². The molecule has 1 aromatic carbocycles. The summed E-state index contributed by atoms with van der Waals surface area (Å²) in [5.74, 6) is -6.26. The van der Waals surface area contributed by atoms with Crippen molar-refractivity contribution in [1.29, 1.82) is 0 Å². The Hall–Kier alpha value is -2.05. The SMILES string of the molecule is O=C(O)CC1CCCN1C(=O)c1cc(F)c(F)c(F)c1. The highest BCUT2D eigenvalue weighted by molar-refractivity contribution is 5.94. The maximum absolute atomic E-state index is 13.1. The smallest absolute Gasteiger partial charge is 0.305 e. The molecule has 4 nitrogen and oxygen atoms in total. The molecule has 0 bridgehead atoms. The molecule has 1 aliphatic heterocycles. The molecule has 1 heterocycles. The zero-order chi connectivity index (χ0) is 14.9. The second-order valence-electron chi connectivity index (χ2n) is 4.65. The van der Waals surface area contributed by atoms with Gasteiger partial charge in [-0.3, -0.25) is 9.59 Å². The van der Waals surface area contributed by atoms with Gasteiger partial charge >= 0.3 is 5.97 Å². The summed E-state index contributed by atoms with van der Waals surface area (Å²) in [7, 11) is 0. The molecule has 1 aromatic rings. The number of benzene rings is 1. The minimum atomic E-state index is -1.63. The van der Waals surface area contributed by atoms with E-state index in [0.717, 1.165) is 0 Å². The first-order valence-corrected chi connectivity index (χ1v) is 6.07. The minimum Gasteiger partial charge on any atom is -0.481 e. The number of rotatable bonds is 3. The fourth-order valence-electron chi connectivity index (χ4n) is 2.36. The Balaban J connectivity index is 2.24. The number of halogens is 3. The highest BCUT2D eigenvalue weighted by atomic mass is 19.2. The molecule has 108 valence electrons. The van der Waals surface area contributed by atoms with Gasteiger partial charge in [-0.15, -0.1) is 0 Å². The van der Waals surface area contributed by atoms with Gasteiger partial charge in [-0.25, -0.2) is 13.2 Å². The third-order valence-electron chi connectivity index (χ3n) is 3.28. The summed E-state index contributed by atoms with van der Waals surface area (Å²) in [5.41, 5.74) is -0.321. The van der Waals surface area contributed by atoms with Crippen LogP contribution in [0.2, 0.25) is 0 Å². The van der Waals surface area contributed by atoms with Crippen LogP contribution in [0.4, 0.5) is 13.2 Å². The van der Waals surface area contributed by atoms with Gasteiger partial charge in [0.05, 0.1) is 6.42 Å². The van der Waals surface area contributed by atoms with Crippen molar-refractivity contribution >= 4 is 11.9 Å². The molecule has 1 unspecified atom stereocenters. The summed E-state index contributed by atoms with van der Waals surface area (Å²) in [6, 6.07) is 0.740. The van der Waals surface area contributed by atoms with Gasteiger partial charge in [0.1, 0.15) is 0 Å². The van der Waals surface area contributed by atoms with Crippen LogP contribution < -0.4 is 0 Å². The highest BCUT2D eigenvalue weighted by Gasteiger charge is 2.31. The molecule has 1 amide bonds. The van der Waals surface area contributed by atoms with Crippen molar-refractivity contribution < 1.29 is 27.9 Å². The summed E-state index contributed by atoms with van der Waals surface area (Å²) in [4.78, 5) is 24.1. The molecule has 1 fully saturated rings. The summed E-state index contributed by atoms with van der Waals surface area (Å²) < 4.78 is 39.1. The number of nitrogens with zero attached hydrogens (tertiary/aromatic N) is 1. The maximum atomic E-state index is 13.1. The largest absolute Gasteiger partial charge is 0.481 e. The van der Waals surface area contributed by atoms with Crippen molar-refractivity contribution in [1.82, 2.24) is 4.90 Å². The van der Waals surface area contributed by atoms with Crippen LogP contribution in [0.15, 0.2) is 12.1 Å². The van der Waals surface area contributed by atoms with E-state index >= 15 is 0 Å². The van der Waals surface area contributed by atoms with Crippen LogP contribution in [0.25, 0.3) is 0 Å². The molecule has 0 radical (unpaired) electrons. The summed E-state index contributed by atoms with van der Waals surface area (Å²) in [5, 5.41) is 8.76. The van der Waals surface area contributed by atoms with E-state index in [0.29, 0.717) is 31.5 Å². The van der Waals surface area contributed by atoms with Crippen LogP contribution >= 0.6 is 0 Å². The monoisotopic (exact) mass is 287 g/mol. The van der Waals surface area contributed by atoms with E-state index in [1.165, 1.54) is 4.90 Å². The average Bonchev–Trinajstić information content (AvgIpc) is 2.81. The molecule has 1 N–H and O–H groups in total. The lowest BCUT2D eigenvalue weighted by atomic mass is 10.1. The number of likely N-dealkylation sites (tertiary alicyclic amines) is 1. The molecular weight excluding hydrogens is 275 g/mol. The molecule has 7 heteroatoms. The molecule has 0 aromatic heterocycles. The summed E-state index contributed by atoms with van der Waals surface area (Å²) in [6.45, 7) is 0.317. The van der Waals surface area contributed by atoms with Crippen LogP contribution in [0.1, 0.15) is 29.6 Å².